The Hall–Kier alpha value is -0.460. The summed E-state index contributed by atoms with van der Waals surface area (Å²) in [6, 6.07) is 10.4. The van der Waals surface area contributed by atoms with Crippen molar-refractivity contribution in [1.29, 1.82) is 0 Å². The highest BCUT2D eigenvalue weighted by Gasteiger charge is 2.29. The zero-order valence-electron chi connectivity index (χ0n) is 16.4. The van der Waals surface area contributed by atoms with E-state index in [1.54, 1.807) is 12.1 Å². The maximum Gasteiger partial charge on any atom is 0.121 e. The fourth-order valence-electron chi connectivity index (χ4n) is 2.49. The summed E-state index contributed by atoms with van der Waals surface area (Å²) in [6.45, 7) is 3.98. The van der Waals surface area contributed by atoms with Crippen molar-refractivity contribution in [3.05, 3.63) is 55.4 Å². The Bertz CT molecular complexity index is 794. The molecule has 3 nitrogen and oxygen atoms in total. The maximum atomic E-state index is 8.83. The van der Waals surface area contributed by atoms with Crippen LogP contribution in [0.5, 0.6) is 11.5 Å². The molecule has 0 amide bonds. The van der Waals surface area contributed by atoms with Crippen molar-refractivity contribution in [3.8, 4) is 11.5 Å². The van der Waals surface area contributed by atoms with Gasteiger partial charge in [0.05, 0.1) is 22.3 Å². The van der Waals surface area contributed by atoms with E-state index in [4.69, 9.17) is 38.2 Å². The topological polar surface area (TPSA) is 49.7 Å². The molecule has 2 fully saturated rings. The molecule has 0 spiro atoms. The largest absolute Gasteiger partial charge is 0.508 e. The molecular weight excluding hydrogens is 543 g/mol. The van der Waals surface area contributed by atoms with Crippen molar-refractivity contribution in [3.63, 3.8) is 0 Å². The van der Waals surface area contributed by atoms with Gasteiger partial charge in [-0.25, -0.2) is 0 Å². The normalized spacial score (nSPS) is 17.2. The van der Waals surface area contributed by atoms with Crippen LogP contribution in [0.15, 0.2) is 45.3 Å². The number of halogens is 4. The molecule has 7 heteroatoms. The van der Waals surface area contributed by atoms with Gasteiger partial charge in [0.15, 0.2) is 0 Å². The van der Waals surface area contributed by atoms with E-state index in [2.05, 4.69) is 38.8 Å². The molecule has 2 aromatic rings. The van der Waals surface area contributed by atoms with Crippen LogP contribution >= 0.6 is 55.1 Å². The second-order valence-corrected chi connectivity index (χ2v) is 9.94. The second kappa shape index (κ2) is 11.8. The van der Waals surface area contributed by atoms with Gasteiger partial charge in [-0.05, 0) is 120 Å². The Labute approximate surface area is 199 Å². The zero-order valence-corrected chi connectivity index (χ0v) is 21.1. The summed E-state index contributed by atoms with van der Waals surface area (Å²) in [5.41, 5.74) is 0. The number of rotatable bonds is 4. The second-order valence-electron chi connectivity index (χ2n) is 7.41. The number of aromatic hydroxyl groups is 1. The van der Waals surface area contributed by atoms with E-state index in [1.165, 1.54) is 31.7 Å². The average Bonchev–Trinajstić information content (AvgIpc) is 3.55. The van der Waals surface area contributed by atoms with Crippen LogP contribution in [0, 0.1) is 11.8 Å². The van der Waals surface area contributed by atoms with E-state index >= 15 is 0 Å². The summed E-state index contributed by atoms with van der Waals surface area (Å²) in [6.07, 6.45) is 5.36. The molecule has 2 saturated carbocycles. The van der Waals surface area contributed by atoms with Crippen molar-refractivity contribution in [2.45, 2.75) is 51.7 Å². The van der Waals surface area contributed by atoms with Crippen LogP contribution in [0.3, 0.4) is 0 Å². The number of hydrogen-bond donors (Lipinski definition) is 2. The molecule has 0 heterocycles. The Balaban J connectivity index is 0.000000171. The van der Waals surface area contributed by atoms with E-state index in [1.807, 2.05) is 25.1 Å². The SMILES string of the molecule is CC(O)C1CC1.CC(Oc1ccc(Br)c(Cl)c1)C1CC1.Oc1ccc(Br)c(Cl)c1. The molecule has 160 valence electrons. The van der Waals surface area contributed by atoms with Gasteiger partial charge >= 0.3 is 0 Å². The highest BCUT2D eigenvalue weighted by Crippen LogP contribution is 2.35. The number of ether oxygens (including phenoxy) is 1. The van der Waals surface area contributed by atoms with Crippen LogP contribution in [0.2, 0.25) is 10.0 Å². The average molecular weight is 569 g/mol. The smallest absolute Gasteiger partial charge is 0.121 e. The Morgan fingerprint density at radius 2 is 1.41 bits per heavy atom. The van der Waals surface area contributed by atoms with Crippen LogP contribution in [0.4, 0.5) is 0 Å². The Morgan fingerprint density at radius 1 is 0.897 bits per heavy atom. The third kappa shape index (κ3) is 9.48. The summed E-state index contributed by atoms with van der Waals surface area (Å²) >= 11 is 18.1. The minimum absolute atomic E-state index is 0.0370. The molecule has 2 atom stereocenters. The molecule has 0 radical (unpaired) electrons. The lowest BCUT2D eigenvalue weighted by molar-refractivity contribution is 0.171. The van der Waals surface area contributed by atoms with Gasteiger partial charge in [-0.3, -0.25) is 0 Å². The highest BCUT2D eigenvalue weighted by atomic mass is 79.9. The van der Waals surface area contributed by atoms with E-state index in [0.717, 1.165) is 20.6 Å². The van der Waals surface area contributed by atoms with E-state index in [-0.39, 0.29) is 11.9 Å². The predicted octanol–water partition coefficient (Wildman–Crippen LogP) is 7.87. The van der Waals surface area contributed by atoms with Gasteiger partial charge in [0.2, 0.25) is 0 Å². The third-order valence-corrected chi connectivity index (χ3v) is 7.17. The predicted molar refractivity (Wildman–Crippen MR) is 127 cm³/mol. The van der Waals surface area contributed by atoms with E-state index in [9.17, 15) is 0 Å². The quantitative estimate of drug-likeness (QED) is 0.394. The fourth-order valence-corrected chi connectivity index (χ4v) is 3.33. The first-order chi connectivity index (χ1) is 13.7. The number of hydrogen-bond acceptors (Lipinski definition) is 3. The highest BCUT2D eigenvalue weighted by molar-refractivity contribution is 9.10. The van der Waals surface area contributed by atoms with Gasteiger partial charge < -0.3 is 14.9 Å². The summed E-state index contributed by atoms with van der Waals surface area (Å²) in [4.78, 5) is 0. The Morgan fingerprint density at radius 3 is 1.79 bits per heavy atom. The number of phenols is 1. The molecule has 0 saturated heterocycles. The van der Waals surface area contributed by atoms with Gasteiger partial charge in [0, 0.05) is 8.95 Å². The van der Waals surface area contributed by atoms with Crippen molar-refractivity contribution in [2.75, 3.05) is 0 Å². The van der Waals surface area contributed by atoms with Crippen molar-refractivity contribution < 1.29 is 14.9 Å². The monoisotopic (exact) mass is 566 g/mol. The summed E-state index contributed by atoms with van der Waals surface area (Å²) in [5.74, 6) is 2.45. The van der Waals surface area contributed by atoms with Crippen molar-refractivity contribution >= 4 is 55.1 Å². The minimum Gasteiger partial charge on any atom is -0.508 e. The molecule has 0 bridgehead atoms. The molecule has 2 unspecified atom stereocenters. The number of aliphatic hydroxyl groups is 1. The lowest BCUT2D eigenvalue weighted by atomic mass is 10.2. The molecule has 2 aromatic carbocycles. The minimum atomic E-state index is -0.0370. The summed E-state index contributed by atoms with van der Waals surface area (Å²) in [5, 5.41) is 18.7. The van der Waals surface area contributed by atoms with Crippen LogP contribution in [0.25, 0.3) is 0 Å². The van der Waals surface area contributed by atoms with E-state index in [0.29, 0.717) is 22.1 Å². The lowest BCUT2D eigenvalue weighted by Gasteiger charge is -2.14. The molecule has 2 aliphatic rings. The number of benzene rings is 2. The van der Waals surface area contributed by atoms with Gasteiger partial charge in [-0.2, -0.15) is 0 Å². The van der Waals surface area contributed by atoms with Crippen LogP contribution in [-0.4, -0.2) is 22.4 Å². The lowest BCUT2D eigenvalue weighted by Crippen LogP contribution is -2.13. The first-order valence-corrected chi connectivity index (χ1v) is 11.9. The summed E-state index contributed by atoms with van der Waals surface area (Å²) in [7, 11) is 0. The molecule has 0 aliphatic heterocycles. The van der Waals surface area contributed by atoms with Gasteiger partial charge in [-0.1, -0.05) is 23.2 Å². The Kier molecular flexibility index (Phi) is 10.1. The molecular formula is C22H26Br2Cl2O3. The van der Waals surface area contributed by atoms with Crippen molar-refractivity contribution in [1.82, 2.24) is 0 Å². The molecule has 0 aromatic heterocycles. The molecule has 4 rings (SSSR count). The van der Waals surface area contributed by atoms with Gasteiger partial charge in [0.1, 0.15) is 11.5 Å². The number of aliphatic hydroxyl groups excluding tert-OH is 1. The first-order valence-electron chi connectivity index (χ1n) is 9.61. The van der Waals surface area contributed by atoms with Crippen LogP contribution < -0.4 is 4.74 Å². The summed E-state index contributed by atoms with van der Waals surface area (Å²) < 4.78 is 7.47. The molecule has 2 N–H and O–H groups in total. The van der Waals surface area contributed by atoms with E-state index < -0.39 is 0 Å². The van der Waals surface area contributed by atoms with Crippen LogP contribution in [-0.2, 0) is 0 Å². The number of phenolic OH excluding ortho intramolecular Hbond substituents is 1. The van der Waals surface area contributed by atoms with Gasteiger partial charge in [0.25, 0.3) is 0 Å². The third-order valence-electron chi connectivity index (χ3n) is 4.71. The zero-order chi connectivity index (χ0) is 21.6. The maximum absolute atomic E-state index is 8.83. The van der Waals surface area contributed by atoms with Crippen LogP contribution in [0.1, 0.15) is 39.5 Å². The standard InChI is InChI=1S/C11H12BrClO.C6H4BrClO.C5H10O/c1-7(8-2-3-8)14-9-4-5-10(12)11(13)6-9;7-5-2-1-4(9)3-6(5)8;1-4(6)5-2-3-5/h4-8H,2-3H2,1H3;1-3,9H;4-6H,2-3H2,1H3. The first kappa shape index (κ1) is 24.8. The fraction of sp³-hybridized carbons (Fsp3) is 0.455. The molecule has 2 aliphatic carbocycles. The van der Waals surface area contributed by atoms with Crippen molar-refractivity contribution in [2.24, 2.45) is 11.8 Å². The molecule has 29 heavy (non-hydrogen) atoms. The van der Waals surface area contributed by atoms with Gasteiger partial charge in [-0.15, -0.1) is 0 Å².